The molecular weight excluding hydrogens is 439 g/mol. The number of hydrogen-bond donors (Lipinski definition) is 0. The summed E-state index contributed by atoms with van der Waals surface area (Å²) in [5.74, 6) is 0. The molecule has 15 heteroatoms. The van der Waals surface area contributed by atoms with Gasteiger partial charge in [0.2, 0.25) is 0 Å². The van der Waals surface area contributed by atoms with E-state index in [1.807, 2.05) is 6.92 Å². The molecule has 0 amide bonds. The van der Waals surface area contributed by atoms with Gasteiger partial charge >= 0.3 is 0 Å². The van der Waals surface area contributed by atoms with Gasteiger partial charge in [-0.1, -0.05) is 13.3 Å². The van der Waals surface area contributed by atoms with Gasteiger partial charge in [-0.05, 0) is 6.42 Å². The van der Waals surface area contributed by atoms with Gasteiger partial charge in [0.1, 0.15) is 38.9 Å². The average molecular weight is 466 g/mol. The van der Waals surface area contributed by atoms with Crippen molar-refractivity contribution in [3.63, 3.8) is 0 Å². The average Bonchev–Trinajstić information content (AvgIpc) is 2.74. The first-order valence-corrected chi connectivity index (χ1v) is 13.9. The second-order valence-corrected chi connectivity index (χ2v) is 11.6. The second-order valence-electron chi connectivity index (χ2n) is 6.73. The molecule has 0 aromatic heterocycles. The summed E-state index contributed by atoms with van der Waals surface area (Å²) in [5, 5.41) is 0. The summed E-state index contributed by atoms with van der Waals surface area (Å²) in [6, 6.07) is -0.882. The molecule has 1 fully saturated rings. The van der Waals surface area contributed by atoms with Crippen LogP contribution in [0.15, 0.2) is 0 Å². The summed E-state index contributed by atoms with van der Waals surface area (Å²) in [5.41, 5.74) is -1.73. The van der Waals surface area contributed by atoms with Gasteiger partial charge in [0.05, 0.1) is 24.8 Å². The van der Waals surface area contributed by atoms with Gasteiger partial charge in [-0.3, -0.25) is 12.5 Å². The first kappa shape index (κ1) is 25.8. The van der Waals surface area contributed by atoms with E-state index < -0.39 is 67.4 Å². The molecular formula is C13H27BO11S3. The normalized spacial score (nSPS) is 25.8. The summed E-state index contributed by atoms with van der Waals surface area (Å²) >= 11 is 0. The van der Waals surface area contributed by atoms with Crippen LogP contribution in [-0.4, -0.2) is 95.5 Å². The van der Waals surface area contributed by atoms with E-state index >= 15 is 0 Å². The lowest BCUT2D eigenvalue weighted by Gasteiger charge is -2.34. The highest BCUT2D eigenvalue weighted by atomic mass is 32.2. The van der Waals surface area contributed by atoms with E-state index in [4.69, 9.17) is 22.0 Å². The van der Waals surface area contributed by atoms with Crippen LogP contribution in [0.2, 0.25) is 0 Å². The minimum absolute atomic E-state index is 0.181. The van der Waals surface area contributed by atoms with Crippen molar-refractivity contribution < 1.29 is 47.3 Å². The highest BCUT2D eigenvalue weighted by molar-refractivity contribution is 7.86. The highest BCUT2D eigenvalue weighted by Crippen LogP contribution is 2.36. The lowest BCUT2D eigenvalue weighted by atomic mass is 9.89. The lowest BCUT2D eigenvalue weighted by molar-refractivity contribution is -0.133. The van der Waals surface area contributed by atoms with Gasteiger partial charge in [0, 0.05) is 6.61 Å². The maximum absolute atomic E-state index is 11.7. The fourth-order valence-electron chi connectivity index (χ4n) is 2.67. The molecule has 11 nitrogen and oxygen atoms in total. The molecule has 0 aromatic carbocycles. The molecule has 0 bridgehead atoms. The van der Waals surface area contributed by atoms with Crippen molar-refractivity contribution in [2.24, 2.45) is 0 Å². The molecule has 0 spiro atoms. The van der Waals surface area contributed by atoms with Gasteiger partial charge in [-0.25, -0.2) is 0 Å². The summed E-state index contributed by atoms with van der Waals surface area (Å²) in [4.78, 5) is 0. The summed E-state index contributed by atoms with van der Waals surface area (Å²) < 4.78 is 95.5. The summed E-state index contributed by atoms with van der Waals surface area (Å²) in [6.07, 6.45) is 1.55. The van der Waals surface area contributed by atoms with Crippen LogP contribution >= 0.6 is 0 Å². The number of ether oxygens (including phenoxy) is 2. The Morgan fingerprint density at radius 3 is 1.82 bits per heavy atom. The molecule has 1 rings (SSSR count). The van der Waals surface area contributed by atoms with Crippen molar-refractivity contribution in [3.8, 4) is 0 Å². The van der Waals surface area contributed by atoms with E-state index in [0.717, 1.165) is 25.2 Å². The highest BCUT2D eigenvalue weighted by Gasteiger charge is 2.57. The van der Waals surface area contributed by atoms with Crippen molar-refractivity contribution in [1.29, 1.82) is 0 Å². The van der Waals surface area contributed by atoms with Crippen LogP contribution in [0.4, 0.5) is 0 Å². The Kier molecular flexibility index (Phi) is 8.90. The van der Waals surface area contributed by atoms with Gasteiger partial charge < -0.3 is 9.47 Å². The Balaban J connectivity index is 3.30. The summed E-state index contributed by atoms with van der Waals surface area (Å²) in [7, 11) is -10.3. The fourth-order valence-corrected chi connectivity index (χ4v) is 4.16. The third-order valence-corrected chi connectivity index (χ3v) is 5.48. The Hall–Kier alpha value is -0.285. The van der Waals surface area contributed by atoms with Crippen LogP contribution < -0.4 is 0 Å². The van der Waals surface area contributed by atoms with E-state index in [-0.39, 0.29) is 6.61 Å². The lowest BCUT2D eigenvalue weighted by Crippen LogP contribution is -2.53. The Morgan fingerprint density at radius 1 is 0.929 bits per heavy atom. The maximum atomic E-state index is 11.7. The molecule has 1 aliphatic heterocycles. The topological polar surface area (TPSA) is 149 Å². The van der Waals surface area contributed by atoms with Crippen LogP contribution in [-0.2, 0) is 52.4 Å². The molecule has 1 heterocycles. The zero-order valence-electron chi connectivity index (χ0n) is 16.5. The van der Waals surface area contributed by atoms with Crippen LogP contribution in [0, 0.1) is 0 Å². The Labute approximate surface area is 167 Å². The molecule has 0 aliphatic carbocycles. The quantitative estimate of drug-likeness (QED) is 0.182. The zero-order valence-corrected chi connectivity index (χ0v) is 18.9. The molecule has 1 unspecified atom stereocenters. The van der Waals surface area contributed by atoms with Crippen LogP contribution in [0.5, 0.6) is 0 Å². The van der Waals surface area contributed by atoms with Crippen molar-refractivity contribution in [3.05, 3.63) is 0 Å². The first-order chi connectivity index (χ1) is 12.6. The molecule has 1 saturated heterocycles. The number of unbranched alkanes of at least 4 members (excludes halogenated alkanes) is 1. The minimum atomic E-state index is -3.92. The molecule has 1 aliphatic rings. The standard InChI is InChI=1S/C13H27BO11S3/c1-5-6-7-21-11-10(25-28(4,19)20)12(14)24-13(11,8-22-26(2,15)16)9-23-27(3,17)18/h10-12H,5-9,14H2,1-4H3/t10?,11-,12-/m1/s1. The molecule has 0 aromatic rings. The minimum Gasteiger partial charge on any atom is -0.372 e. The van der Waals surface area contributed by atoms with E-state index in [0.29, 0.717) is 6.42 Å². The van der Waals surface area contributed by atoms with Gasteiger partial charge in [-0.2, -0.15) is 25.3 Å². The van der Waals surface area contributed by atoms with Gasteiger partial charge in [0.15, 0.2) is 0 Å². The third-order valence-electron chi connectivity index (χ3n) is 3.82. The van der Waals surface area contributed by atoms with E-state index in [9.17, 15) is 25.3 Å². The van der Waals surface area contributed by atoms with Crippen molar-refractivity contribution >= 4 is 38.2 Å². The van der Waals surface area contributed by atoms with Crippen LogP contribution in [0.25, 0.3) is 0 Å². The van der Waals surface area contributed by atoms with Gasteiger partial charge in [-0.15, -0.1) is 0 Å². The Morgan fingerprint density at radius 2 is 1.43 bits per heavy atom. The van der Waals surface area contributed by atoms with Gasteiger partial charge in [0.25, 0.3) is 30.4 Å². The smallest absolute Gasteiger partial charge is 0.264 e. The summed E-state index contributed by atoms with van der Waals surface area (Å²) in [6.45, 7) is 0.799. The molecule has 28 heavy (non-hydrogen) atoms. The van der Waals surface area contributed by atoms with Crippen molar-refractivity contribution in [1.82, 2.24) is 0 Å². The van der Waals surface area contributed by atoms with Crippen LogP contribution in [0.1, 0.15) is 19.8 Å². The second kappa shape index (κ2) is 9.68. The molecule has 0 saturated carbocycles. The van der Waals surface area contributed by atoms with E-state index in [1.165, 1.54) is 7.85 Å². The fraction of sp³-hybridized carbons (Fsp3) is 1.00. The predicted octanol–water partition coefficient (Wildman–Crippen LogP) is -1.80. The third kappa shape index (κ3) is 8.61. The number of hydrogen-bond acceptors (Lipinski definition) is 11. The molecule has 0 radical (unpaired) electrons. The Bertz CT molecular complexity index is 786. The monoisotopic (exact) mass is 466 g/mol. The molecule has 3 atom stereocenters. The first-order valence-electron chi connectivity index (χ1n) is 8.45. The molecule has 166 valence electrons. The van der Waals surface area contributed by atoms with E-state index in [2.05, 4.69) is 0 Å². The predicted molar refractivity (Wildman–Crippen MR) is 102 cm³/mol. The maximum Gasteiger partial charge on any atom is 0.264 e. The largest absolute Gasteiger partial charge is 0.372 e. The SMILES string of the molecule is B[C@@H]1OC(COS(C)(=O)=O)(COS(C)(=O)=O)[C@H](OCCCC)C1OS(C)(=O)=O. The number of rotatable bonds is 12. The zero-order chi connectivity index (χ0) is 21.8. The van der Waals surface area contributed by atoms with E-state index in [1.54, 1.807) is 0 Å². The molecule has 0 N–H and O–H groups in total. The van der Waals surface area contributed by atoms with Crippen molar-refractivity contribution in [2.75, 3.05) is 38.6 Å². The van der Waals surface area contributed by atoms with Crippen LogP contribution in [0.3, 0.4) is 0 Å². The van der Waals surface area contributed by atoms with Crippen molar-refractivity contribution in [2.45, 2.75) is 43.6 Å².